The summed E-state index contributed by atoms with van der Waals surface area (Å²) in [5.74, 6) is -0.724. The summed E-state index contributed by atoms with van der Waals surface area (Å²) in [6.45, 7) is 7.53. The fourth-order valence-corrected chi connectivity index (χ4v) is 4.23. The van der Waals surface area contributed by atoms with E-state index in [4.69, 9.17) is 4.74 Å². The second-order valence-electron chi connectivity index (χ2n) is 8.94. The standard InChI is InChI=1S/C29H24N4O4/c1-16-6-5-7-25(19(16)4)33-27(35)23-13-8-20(15-24(23)28(33)36)26(34)32-21-9-11-22(12-10-21)37-29-30-17(2)14-18(3)31-29/h5-15H,1-4H3,(H,32,34). The second kappa shape index (κ2) is 9.31. The number of rotatable bonds is 5. The number of hydrogen-bond donors (Lipinski definition) is 1. The highest BCUT2D eigenvalue weighted by Crippen LogP contribution is 2.32. The molecule has 4 aromatic rings. The molecule has 1 N–H and O–H groups in total. The predicted octanol–water partition coefficient (Wildman–Crippen LogP) is 5.56. The number of carbonyl (C=O) groups is 3. The average Bonchev–Trinajstić information content (AvgIpc) is 3.11. The molecule has 0 atom stereocenters. The minimum absolute atomic E-state index is 0.204. The highest BCUT2D eigenvalue weighted by molar-refractivity contribution is 6.35. The molecule has 1 aliphatic rings. The van der Waals surface area contributed by atoms with Crippen molar-refractivity contribution in [3.05, 3.63) is 106 Å². The molecule has 0 fully saturated rings. The molecule has 1 aliphatic heterocycles. The number of anilines is 2. The van der Waals surface area contributed by atoms with Gasteiger partial charge in [-0.15, -0.1) is 0 Å². The van der Waals surface area contributed by atoms with Gasteiger partial charge >= 0.3 is 6.01 Å². The van der Waals surface area contributed by atoms with Gasteiger partial charge in [0.05, 0.1) is 16.8 Å². The van der Waals surface area contributed by atoms with Gasteiger partial charge in [-0.2, -0.15) is 0 Å². The number of benzene rings is 3. The minimum atomic E-state index is -0.446. The van der Waals surface area contributed by atoms with Gasteiger partial charge < -0.3 is 10.1 Å². The van der Waals surface area contributed by atoms with E-state index in [2.05, 4.69) is 15.3 Å². The van der Waals surface area contributed by atoms with Crippen molar-refractivity contribution in [3.63, 3.8) is 0 Å². The topological polar surface area (TPSA) is 101 Å². The maximum atomic E-state index is 13.2. The summed E-state index contributed by atoms with van der Waals surface area (Å²) in [5, 5.41) is 2.81. The van der Waals surface area contributed by atoms with Crippen LogP contribution in [0.3, 0.4) is 0 Å². The smallest absolute Gasteiger partial charge is 0.322 e. The fraction of sp³-hybridized carbons (Fsp3) is 0.138. The lowest BCUT2D eigenvalue weighted by Gasteiger charge is -2.17. The average molecular weight is 493 g/mol. The van der Waals surface area contributed by atoms with Gasteiger partial charge in [0.2, 0.25) is 0 Å². The first-order valence-electron chi connectivity index (χ1n) is 11.7. The van der Waals surface area contributed by atoms with Crippen LogP contribution in [0, 0.1) is 27.7 Å². The number of aryl methyl sites for hydroxylation is 3. The summed E-state index contributed by atoms with van der Waals surface area (Å²) in [5.41, 5.74) is 5.28. The molecule has 1 aromatic heterocycles. The number of nitrogens with one attached hydrogen (secondary N) is 1. The molecule has 3 aromatic carbocycles. The van der Waals surface area contributed by atoms with E-state index in [1.54, 1.807) is 36.4 Å². The summed E-state index contributed by atoms with van der Waals surface area (Å²) < 4.78 is 5.71. The van der Waals surface area contributed by atoms with Crippen LogP contribution in [0.4, 0.5) is 11.4 Å². The zero-order chi connectivity index (χ0) is 26.3. The first-order valence-corrected chi connectivity index (χ1v) is 11.7. The van der Waals surface area contributed by atoms with Gasteiger partial charge in [-0.25, -0.2) is 14.9 Å². The van der Waals surface area contributed by atoms with Gasteiger partial charge in [0.25, 0.3) is 17.7 Å². The summed E-state index contributed by atoms with van der Waals surface area (Å²) >= 11 is 0. The van der Waals surface area contributed by atoms with Crippen LogP contribution in [0.25, 0.3) is 0 Å². The molecule has 0 radical (unpaired) electrons. The van der Waals surface area contributed by atoms with Crippen LogP contribution in [0.1, 0.15) is 53.6 Å². The lowest BCUT2D eigenvalue weighted by atomic mass is 10.1. The third kappa shape index (κ3) is 4.56. The molecule has 0 saturated carbocycles. The Balaban J connectivity index is 1.32. The Kier molecular flexibility index (Phi) is 6.01. The van der Waals surface area contributed by atoms with Crippen molar-refractivity contribution in [3.8, 4) is 11.8 Å². The Morgan fingerprint density at radius 3 is 2.19 bits per heavy atom. The molecule has 0 spiro atoms. The molecule has 8 nitrogen and oxygen atoms in total. The highest BCUT2D eigenvalue weighted by atomic mass is 16.5. The van der Waals surface area contributed by atoms with Gasteiger partial charge in [-0.3, -0.25) is 14.4 Å². The van der Waals surface area contributed by atoms with E-state index in [1.165, 1.54) is 17.0 Å². The normalized spacial score (nSPS) is 12.5. The zero-order valence-corrected chi connectivity index (χ0v) is 20.8. The Bertz CT molecular complexity index is 1560. The van der Waals surface area contributed by atoms with Crippen molar-refractivity contribution in [1.29, 1.82) is 0 Å². The third-order valence-electron chi connectivity index (χ3n) is 6.25. The number of carbonyl (C=O) groups excluding carboxylic acids is 3. The molecular formula is C29H24N4O4. The molecule has 8 heteroatoms. The van der Waals surface area contributed by atoms with E-state index in [1.807, 2.05) is 45.9 Å². The van der Waals surface area contributed by atoms with E-state index in [9.17, 15) is 14.4 Å². The number of fused-ring (bicyclic) bond motifs is 1. The molecule has 0 unspecified atom stereocenters. The Morgan fingerprint density at radius 2 is 1.49 bits per heavy atom. The maximum absolute atomic E-state index is 13.2. The van der Waals surface area contributed by atoms with Crippen LogP contribution in [0.2, 0.25) is 0 Å². The van der Waals surface area contributed by atoms with Crippen LogP contribution < -0.4 is 15.0 Å². The maximum Gasteiger partial charge on any atom is 0.322 e. The summed E-state index contributed by atoms with van der Waals surface area (Å²) in [6, 6.07) is 18.9. The molecule has 5 rings (SSSR count). The van der Waals surface area contributed by atoms with E-state index >= 15 is 0 Å². The van der Waals surface area contributed by atoms with Gasteiger partial charge in [-0.05, 0) is 93.4 Å². The number of amides is 3. The molecule has 2 heterocycles. The van der Waals surface area contributed by atoms with Crippen molar-refractivity contribution in [2.45, 2.75) is 27.7 Å². The van der Waals surface area contributed by atoms with E-state index < -0.39 is 17.7 Å². The van der Waals surface area contributed by atoms with Crippen LogP contribution >= 0.6 is 0 Å². The first-order chi connectivity index (χ1) is 17.7. The molecule has 0 aliphatic carbocycles. The number of imide groups is 1. The van der Waals surface area contributed by atoms with Gasteiger partial charge in [0.15, 0.2) is 0 Å². The minimum Gasteiger partial charge on any atom is -0.424 e. The molecule has 0 saturated heterocycles. The van der Waals surface area contributed by atoms with E-state index in [-0.39, 0.29) is 22.7 Å². The van der Waals surface area contributed by atoms with E-state index in [0.717, 1.165) is 22.5 Å². The highest BCUT2D eigenvalue weighted by Gasteiger charge is 2.38. The van der Waals surface area contributed by atoms with Crippen molar-refractivity contribution >= 4 is 29.1 Å². The molecule has 3 amide bonds. The molecule has 184 valence electrons. The monoisotopic (exact) mass is 492 g/mol. The summed E-state index contributed by atoms with van der Waals surface area (Å²) in [6.07, 6.45) is 0. The van der Waals surface area contributed by atoms with Crippen molar-refractivity contribution < 1.29 is 19.1 Å². The largest absolute Gasteiger partial charge is 0.424 e. The Hall–Kier alpha value is -4.85. The predicted molar refractivity (Wildman–Crippen MR) is 139 cm³/mol. The first kappa shape index (κ1) is 23.9. The summed E-state index contributed by atoms with van der Waals surface area (Å²) in [4.78, 5) is 48.8. The number of aromatic nitrogens is 2. The van der Waals surface area contributed by atoms with Crippen molar-refractivity contribution in [2.24, 2.45) is 0 Å². The van der Waals surface area contributed by atoms with Gasteiger partial charge in [0.1, 0.15) is 5.75 Å². The lowest BCUT2D eigenvalue weighted by Crippen LogP contribution is -2.30. The fourth-order valence-electron chi connectivity index (χ4n) is 4.23. The van der Waals surface area contributed by atoms with Crippen molar-refractivity contribution in [2.75, 3.05) is 10.2 Å². The third-order valence-corrected chi connectivity index (χ3v) is 6.25. The van der Waals surface area contributed by atoms with Crippen LogP contribution in [-0.4, -0.2) is 27.7 Å². The Morgan fingerprint density at radius 1 is 0.811 bits per heavy atom. The quantitative estimate of drug-likeness (QED) is 0.366. The Labute approximate surface area is 213 Å². The molecular weight excluding hydrogens is 468 g/mol. The molecule has 0 bridgehead atoms. The lowest BCUT2D eigenvalue weighted by molar-refractivity contribution is 0.0925. The zero-order valence-electron chi connectivity index (χ0n) is 20.8. The number of nitrogens with zero attached hydrogens (tertiary/aromatic N) is 3. The van der Waals surface area contributed by atoms with Gasteiger partial charge in [-0.1, -0.05) is 12.1 Å². The SMILES string of the molecule is Cc1cc(C)nc(Oc2ccc(NC(=O)c3ccc4c(c3)C(=O)N(c3cccc(C)c3C)C4=O)cc2)n1. The molecule has 37 heavy (non-hydrogen) atoms. The van der Waals surface area contributed by atoms with E-state index in [0.29, 0.717) is 17.1 Å². The van der Waals surface area contributed by atoms with Crippen LogP contribution in [-0.2, 0) is 0 Å². The van der Waals surface area contributed by atoms with Crippen molar-refractivity contribution in [1.82, 2.24) is 9.97 Å². The second-order valence-corrected chi connectivity index (χ2v) is 8.94. The van der Waals surface area contributed by atoms with Gasteiger partial charge in [0, 0.05) is 22.6 Å². The number of ether oxygens (including phenoxy) is 1. The van der Waals surface area contributed by atoms with Crippen LogP contribution in [0.5, 0.6) is 11.8 Å². The summed E-state index contributed by atoms with van der Waals surface area (Å²) in [7, 11) is 0. The van der Waals surface area contributed by atoms with Crippen LogP contribution in [0.15, 0.2) is 66.7 Å². The number of hydrogen-bond acceptors (Lipinski definition) is 6.